The Morgan fingerprint density at radius 3 is 2.63 bits per heavy atom. The summed E-state index contributed by atoms with van der Waals surface area (Å²) in [6.07, 6.45) is 0.229. The molecule has 0 radical (unpaired) electrons. The number of nitrogens with zero attached hydrogens (tertiary/aromatic N) is 1. The highest BCUT2D eigenvalue weighted by molar-refractivity contribution is 6.42. The van der Waals surface area contributed by atoms with E-state index in [-0.39, 0.29) is 12.4 Å². The van der Waals surface area contributed by atoms with Crippen molar-refractivity contribution in [2.45, 2.75) is 6.92 Å². The van der Waals surface area contributed by atoms with Crippen LogP contribution in [0.4, 0.5) is 21.0 Å². The van der Waals surface area contributed by atoms with E-state index in [1.807, 2.05) is 0 Å². The molecule has 0 aliphatic carbocycles. The summed E-state index contributed by atoms with van der Waals surface area (Å²) in [7, 11) is 0. The Morgan fingerprint density at radius 2 is 1.96 bits per heavy atom. The summed E-state index contributed by atoms with van der Waals surface area (Å²) in [4.78, 5) is 25.5. The minimum atomic E-state index is -0.635. The highest BCUT2D eigenvalue weighted by atomic mass is 35.5. The molecule has 1 N–H and O–H groups in total. The molecular weight excluding hydrogens is 391 g/mol. The molecule has 0 bridgehead atoms. The molecule has 0 aliphatic heterocycles. The zero-order valence-electron chi connectivity index (χ0n) is 14.6. The molecule has 0 saturated heterocycles. The molecule has 2 aromatic carbocycles. The van der Waals surface area contributed by atoms with E-state index in [0.29, 0.717) is 28.0 Å². The molecule has 0 aromatic heterocycles. The Morgan fingerprint density at radius 1 is 1.19 bits per heavy atom. The van der Waals surface area contributed by atoms with Crippen molar-refractivity contribution < 1.29 is 19.1 Å². The van der Waals surface area contributed by atoms with Crippen molar-refractivity contribution in [3.63, 3.8) is 0 Å². The quantitative estimate of drug-likeness (QED) is 0.617. The summed E-state index contributed by atoms with van der Waals surface area (Å²) in [6.45, 7) is 5.72. The monoisotopic (exact) mass is 408 g/mol. The van der Waals surface area contributed by atoms with Gasteiger partial charge in [0.1, 0.15) is 12.4 Å². The largest absolute Gasteiger partial charge is 0.445 e. The van der Waals surface area contributed by atoms with Crippen LogP contribution in [0, 0.1) is 0 Å². The summed E-state index contributed by atoms with van der Waals surface area (Å²) >= 11 is 11.9. The predicted molar refractivity (Wildman–Crippen MR) is 107 cm³/mol. The van der Waals surface area contributed by atoms with Gasteiger partial charge >= 0.3 is 12.2 Å². The Labute approximate surface area is 167 Å². The number of ether oxygens (including phenoxy) is 2. The zero-order chi connectivity index (χ0) is 19.8. The van der Waals surface area contributed by atoms with Crippen molar-refractivity contribution in [2.24, 2.45) is 0 Å². The minimum Gasteiger partial charge on any atom is -0.445 e. The summed E-state index contributed by atoms with van der Waals surface area (Å²) in [5.74, 6) is 0.264. The fraction of sp³-hybridized carbons (Fsp3) is 0.158. The number of benzene rings is 2. The molecule has 0 fully saturated rings. The number of amides is 2. The fourth-order valence-corrected chi connectivity index (χ4v) is 2.44. The lowest BCUT2D eigenvalue weighted by atomic mass is 10.3. The first-order valence-electron chi connectivity index (χ1n) is 8.03. The number of carbonyl (C=O) groups excluding carboxylic acids is 2. The van der Waals surface area contributed by atoms with Crippen molar-refractivity contribution in [3.8, 4) is 5.75 Å². The molecule has 0 spiro atoms. The highest BCUT2D eigenvalue weighted by Gasteiger charge is 2.17. The molecule has 0 unspecified atom stereocenters. The molecule has 0 atom stereocenters. The third-order valence-electron chi connectivity index (χ3n) is 3.37. The van der Waals surface area contributed by atoms with E-state index in [0.717, 1.165) is 0 Å². The molecule has 2 amide bonds. The SMILES string of the molecule is C=CCOC(=O)Nc1cccc(OC(=O)N(CC)c2ccc(Cl)c(Cl)c2)c1. The van der Waals surface area contributed by atoms with Gasteiger partial charge in [-0.2, -0.15) is 0 Å². The second-order valence-corrected chi connectivity index (χ2v) is 6.07. The fourth-order valence-electron chi connectivity index (χ4n) is 2.15. The topological polar surface area (TPSA) is 67.9 Å². The van der Waals surface area contributed by atoms with Gasteiger partial charge in [0.05, 0.1) is 10.0 Å². The predicted octanol–water partition coefficient (Wildman–Crippen LogP) is 5.75. The molecule has 142 valence electrons. The second-order valence-electron chi connectivity index (χ2n) is 5.25. The highest BCUT2D eigenvalue weighted by Crippen LogP contribution is 2.28. The number of hydrogen-bond acceptors (Lipinski definition) is 4. The number of nitrogens with one attached hydrogen (secondary N) is 1. The van der Waals surface area contributed by atoms with Gasteiger partial charge in [0, 0.05) is 24.0 Å². The molecule has 0 saturated carbocycles. The summed E-state index contributed by atoms with van der Waals surface area (Å²) in [6, 6.07) is 11.3. The molecule has 2 rings (SSSR count). The van der Waals surface area contributed by atoms with E-state index in [4.69, 9.17) is 32.7 Å². The van der Waals surface area contributed by atoms with Crippen LogP contribution < -0.4 is 15.0 Å². The van der Waals surface area contributed by atoms with Gasteiger partial charge in [-0.25, -0.2) is 9.59 Å². The first-order chi connectivity index (χ1) is 12.9. The number of carbonyl (C=O) groups is 2. The van der Waals surface area contributed by atoms with E-state index in [1.54, 1.807) is 43.3 Å². The lowest BCUT2D eigenvalue weighted by Gasteiger charge is -2.21. The van der Waals surface area contributed by atoms with Crippen molar-refractivity contribution >= 4 is 46.8 Å². The van der Waals surface area contributed by atoms with Crippen LogP contribution in [0.5, 0.6) is 5.75 Å². The van der Waals surface area contributed by atoms with Crippen molar-refractivity contribution in [1.29, 1.82) is 0 Å². The first-order valence-corrected chi connectivity index (χ1v) is 8.79. The lowest BCUT2D eigenvalue weighted by Crippen LogP contribution is -2.33. The van der Waals surface area contributed by atoms with Crippen LogP contribution in [0.3, 0.4) is 0 Å². The third-order valence-corrected chi connectivity index (χ3v) is 4.11. The van der Waals surface area contributed by atoms with E-state index in [9.17, 15) is 9.59 Å². The van der Waals surface area contributed by atoms with E-state index >= 15 is 0 Å². The van der Waals surface area contributed by atoms with Gasteiger partial charge in [0.2, 0.25) is 0 Å². The van der Waals surface area contributed by atoms with Crippen LogP contribution in [0.1, 0.15) is 6.92 Å². The molecule has 27 heavy (non-hydrogen) atoms. The minimum absolute atomic E-state index is 0.0929. The van der Waals surface area contributed by atoms with Gasteiger partial charge in [-0.1, -0.05) is 41.9 Å². The van der Waals surface area contributed by atoms with Crippen molar-refractivity contribution in [2.75, 3.05) is 23.4 Å². The van der Waals surface area contributed by atoms with E-state index < -0.39 is 12.2 Å². The standard InChI is InChI=1S/C19H18Cl2N2O4/c1-3-10-26-18(24)22-13-6-5-7-15(11-13)27-19(25)23(4-2)14-8-9-16(20)17(21)12-14/h3,5-9,11-12H,1,4,10H2,2H3,(H,22,24). The summed E-state index contributed by atoms with van der Waals surface area (Å²) in [5, 5.41) is 3.27. The number of anilines is 2. The van der Waals surface area contributed by atoms with Crippen LogP contribution in [0.25, 0.3) is 0 Å². The Bertz CT molecular complexity index is 842. The van der Waals surface area contributed by atoms with E-state index in [2.05, 4.69) is 11.9 Å². The third kappa shape index (κ3) is 5.91. The van der Waals surface area contributed by atoms with Crippen LogP contribution in [-0.4, -0.2) is 25.3 Å². The average Bonchev–Trinajstić information content (AvgIpc) is 2.63. The molecule has 0 heterocycles. The van der Waals surface area contributed by atoms with Gasteiger partial charge in [0.25, 0.3) is 0 Å². The van der Waals surface area contributed by atoms with Gasteiger partial charge < -0.3 is 9.47 Å². The molecule has 8 heteroatoms. The summed E-state index contributed by atoms with van der Waals surface area (Å²) < 4.78 is 10.2. The Hall–Kier alpha value is -2.70. The first kappa shape index (κ1) is 20.6. The van der Waals surface area contributed by atoms with Gasteiger partial charge in [0.15, 0.2) is 0 Å². The Kier molecular flexibility index (Phi) is 7.52. The average molecular weight is 409 g/mol. The second kappa shape index (κ2) is 9.85. The van der Waals surface area contributed by atoms with Gasteiger partial charge in [-0.15, -0.1) is 0 Å². The van der Waals surface area contributed by atoms with Crippen LogP contribution in [-0.2, 0) is 4.74 Å². The summed E-state index contributed by atoms with van der Waals surface area (Å²) in [5.41, 5.74) is 0.978. The molecule has 2 aromatic rings. The maximum atomic E-state index is 12.5. The zero-order valence-corrected chi connectivity index (χ0v) is 16.1. The molecular formula is C19H18Cl2N2O4. The molecule has 0 aliphatic rings. The van der Waals surface area contributed by atoms with Gasteiger partial charge in [-0.3, -0.25) is 10.2 Å². The van der Waals surface area contributed by atoms with Gasteiger partial charge in [-0.05, 0) is 37.3 Å². The molecule has 6 nitrogen and oxygen atoms in total. The lowest BCUT2D eigenvalue weighted by molar-refractivity contribution is 0.174. The number of halogens is 2. The normalized spacial score (nSPS) is 10.0. The smallest absolute Gasteiger partial charge is 0.419 e. The van der Waals surface area contributed by atoms with Crippen molar-refractivity contribution in [3.05, 3.63) is 65.2 Å². The van der Waals surface area contributed by atoms with Crippen LogP contribution >= 0.6 is 23.2 Å². The Balaban J connectivity index is 2.09. The number of rotatable bonds is 6. The number of hydrogen-bond donors (Lipinski definition) is 1. The van der Waals surface area contributed by atoms with E-state index in [1.165, 1.54) is 17.0 Å². The maximum Gasteiger partial charge on any atom is 0.419 e. The maximum absolute atomic E-state index is 12.5. The van der Waals surface area contributed by atoms with Crippen LogP contribution in [0.2, 0.25) is 10.0 Å². The van der Waals surface area contributed by atoms with Crippen LogP contribution in [0.15, 0.2) is 55.1 Å². The van der Waals surface area contributed by atoms with Crippen molar-refractivity contribution in [1.82, 2.24) is 0 Å².